The van der Waals surface area contributed by atoms with E-state index < -0.39 is 73.5 Å². The lowest BCUT2D eigenvalue weighted by Crippen LogP contribution is -2.63. The largest absolute Gasteiger partial charge is 0.479 e. The smallest absolute Gasteiger partial charge is 0.332 e. The minimum absolute atomic E-state index is 0.232. The zero-order valence-corrected chi connectivity index (χ0v) is 22.4. The highest BCUT2D eigenvalue weighted by Gasteiger charge is 2.50. The third-order valence-corrected chi connectivity index (χ3v) is 7.28. The van der Waals surface area contributed by atoms with Gasteiger partial charge in [0, 0.05) is 0 Å². The molecule has 11 heteroatoms. The van der Waals surface area contributed by atoms with E-state index in [-0.39, 0.29) is 6.42 Å². The van der Waals surface area contributed by atoms with Crippen molar-refractivity contribution in [2.45, 2.75) is 159 Å². The zero-order valence-electron chi connectivity index (χ0n) is 22.4. The SMILES string of the molecule is CCCCCCCCCCCCC(O[C@H]1O[C@@H](C)[C@H](O)[C@@H](O)[C@H]1O[C@H]1O[C@@H](C)[C@@H](O)[C@H](O)[C@@H]1O)C(=O)O. The molecule has 37 heavy (non-hydrogen) atoms. The number of aliphatic carboxylic acids is 1. The van der Waals surface area contributed by atoms with Crippen molar-refractivity contribution in [1.82, 2.24) is 0 Å². The van der Waals surface area contributed by atoms with E-state index in [2.05, 4.69) is 6.92 Å². The van der Waals surface area contributed by atoms with Crippen molar-refractivity contribution in [2.24, 2.45) is 0 Å². The molecule has 0 aromatic heterocycles. The second-order valence-electron chi connectivity index (χ2n) is 10.4. The summed E-state index contributed by atoms with van der Waals surface area (Å²) in [5.74, 6) is -1.19. The number of unbranched alkanes of at least 4 members (excludes halogenated alkanes) is 9. The Bertz CT molecular complexity index is 650. The van der Waals surface area contributed by atoms with E-state index in [9.17, 15) is 35.4 Å². The first-order valence-corrected chi connectivity index (χ1v) is 13.8. The number of aliphatic hydroxyl groups excluding tert-OH is 5. The minimum atomic E-state index is -1.66. The second-order valence-corrected chi connectivity index (χ2v) is 10.4. The lowest BCUT2D eigenvalue weighted by Gasteiger charge is -2.45. The predicted octanol–water partition coefficient (Wildman–Crippen LogP) is 1.45. The van der Waals surface area contributed by atoms with Gasteiger partial charge in [-0.05, 0) is 20.3 Å². The van der Waals surface area contributed by atoms with Crippen molar-refractivity contribution in [1.29, 1.82) is 0 Å². The number of carboxylic acids is 1. The number of rotatable bonds is 16. The quantitative estimate of drug-likeness (QED) is 0.157. The molecule has 0 amide bonds. The highest BCUT2D eigenvalue weighted by molar-refractivity contribution is 5.72. The molecule has 2 fully saturated rings. The van der Waals surface area contributed by atoms with Crippen molar-refractivity contribution in [3.05, 3.63) is 0 Å². The Morgan fingerprint density at radius 3 is 1.73 bits per heavy atom. The Morgan fingerprint density at radius 1 is 0.703 bits per heavy atom. The van der Waals surface area contributed by atoms with Crippen molar-refractivity contribution < 1.29 is 54.4 Å². The van der Waals surface area contributed by atoms with Gasteiger partial charge in [-0.2, -0.15) is 0 Å². The monoisotopic (exact) mass is 536 g/mol. The topological polar surface area (TPSA) is 175 Å². The van der Waals surface area contributed by atoms with Crippen LogP contribution in [0.1, 0.15) is 91.4 Å². The standard InChI is InChI=1S/C26H48O11/c1-4-5-6-7-8-9-10-11-12-13-14-17(24(32)33)36-26-23(21(30)19(28)16(3)35-26)37-25-22(31)20(29)18(27)15(2)34-25/h15-23,25-31H,4-14H2,1-3H3,(H,32,33)/t15-,16-,17?,18+,19-,20-,21+,22-,23+,25+,26+/m0/s1. The maximum atomic E-state index is 11.9. The van der Waals surface area contributed by atoms with E-state index in [1.807, 2.05) is 0 Å². The van der Waals surface area contributed by atoms with Gasteiger partial charge in [0.25, 0.3) is 0 Å². The van der Waals surface area contributed by atoms with Gasteiger partial charge < -0.3 is 49.6 Å². The van der Waals surface area contributed by atoms with Gasteiger partial charge in [-0.1, -0.05) is 71.1 Å². The van der Waals surface area contributed by atoms with Crippen LogP contribution in [0.4, 0.5) is 0 Å². The van der Waals surface area contributed by atoms with E-state index in [4.69, 9.17) is 18.9 Å². The molecule has 0 aromatic carbocycles. The van der Waals surface area contributed by atoms with Crippen LogP contribution in [0.2, 0.25) is 0 Å². The zero-order chi connectivity index (χ0) is 27.5. The molecule has 0 aliphatic carbocycles. The summed E-state index contributed by atoms with van der Waals surface area (Å²) in [7, 11) is 0. The molecule has 0 bridgehead atoms. The summed E-state index contributed by atoms with van der Waals surface area (Å²) in [6, 6.07) is 0. The summed E-state index contributed by atoms with van der Waals surface area (Å²) in [5.41, 5.74) is 0. The van der Waals surface area contributed by atoms with Crippen LogP contribution in [0.5, 0.6) is 0 Å². The molecule has 0 radical (unpaired) electrons. The molecular weight excluding hydrogens is 488 g/mol. The first-order valence-electron chi connectivity index (χ1n) is 13.8. The summed E-state index contributed by atoms with van der Waals surface area (Å²) in [6.45, 7) is 5.18. The number of ether oxygens (including phenoxy) is 4. The van der Waals surface area contributed by atoms with Gasteiger partial charge >= 0.3 is 5.97 Å². The number of hydrogen-bond donors (Lipinski definition) is 6. The molecule has 0 saturated carbocycles. The summed E-state index contributed by atoms with van der Waals surface area (Å²) in [4.78, 5) is 11.9. The lowest BCUT2D eigenvalue weighted by molar-refractivity contribution is -0.365. The van der Waals surface area contributed by atoms with Gasteiger partial charge in [0.2, 0.25) is 0 Å². The highest BCUT2D eigenvalue weighted by atomic mass is 16.8. The Morgan fingerprint density at radius 2 is 1.19 bits per heavy atom. The normalized spacial score (nSPS) is 37.4. The average Bonchev–Trinajstić information content (AvgIpc) is 2.86. The molecular formula is C26H48O11. The molecule has 2 aliphatic heterocycles. The number of carboxylic acid groups (broad SMARTS) is 1. The maximum Gasteiger partial charge on any atom is 0.332 e. The molecule has 2 aliphatic rings. The van der Waals surface area contributed by atoms with Gasteiger partial charge in [-0.3, -0.25) is 0 Å². The molecule has 11 atom stereocenters. The van der Waals surface area contributed by atoms with Crippen molar-refractivity contribution in [2.75, 3.05) is 0 Å². The van der Waals surface area contributed by atoms with Crippen LogP contribution in [0.15, 0.2) is 0 Å². The Balaban J connectivity index is 1.91. The van der Waals surface area contributed by atoms with Crippen LogP contribution in [0.3, 0.4) is 0 Å². The molecule has 2 saturated heterocycles. The predicted molar refractivity (Wildman–Crippen MR) is 133 cm³/mol. The molecule has 2 heterocycles. The highest BCUT2D eigenvalue weighted by Crippen LogP contribution is 2.30. The van der Waals surface area contributed by atoms with E-state index in [0.29, 0.717) is 6.42 Å². The molecule has 2 rings (SSSR count). The van der Waals surface area contributed by atoms with Gasteiger partial charge in [0.05, 0.1) is 12.2 Å². The Labute approximate surface area is 219 Å². The second kappa shape index (κ2) is 16.3. The lowest BCUT2D eigenvalue weighted by atomic mass is 9.98. The van der Waals surface area contributed by atoms with Gasteiger partial charge in [-0.25, -0.2) is 4.79 Å². The summed E-state index contributed by atoms with van der Waals surface area (Å²) in [6.07, 6.45) is -3.48. The molecule has 218 valence electrons. The minimum Gasteiger partial charge on any atom is -0.479 e. The van der Waals surface area contributed by atoms with Crippen molar-refractivity contribution in [3.8, 4) is 0 Å². The molecule has 6 N–H and O–H groups in total. The molecule has 0 aromatic rings. The summed E-state index contributed by atoms with van der Waals surface area (Å²) >= 11 is 0. The maximum absolute atomic E-state index is 11.9. The number of hydrogen-bond acceptors (Lipinski definition) is 10. The third kappa shape index (κ3) is 9.66. The van der Waals surface area contributed by atoms with Crippen molar-refractivity contribution >= 4 is 5.97 Å². The molecule has 11 nitrogen and oxygen atoms in total. The van der Waals surface area contributed by atoms with Gasteiger partial charge in [0.15, 0.2) is 18.7 Å². The third-order valence-electron chi connectivity index (χ3n) is 7.28. The van der Waals surface area contributed by atoms with Crippen LogP contribution in [-0.4, -0.2) is 104 Å². The number of aliphatic hydroxyl groups is 5. The van der Waals surface area contributed by atoms with E-state index in [1.165, 1.54) is 52.4 Å². The van der Waals surface area contributed by atoms with E-state index >= 15 is 0 Å². The summed E-state index contributed by atoms with van der Waals surface area (Å²) in [5, 5.41) is 61.0. The fraction of sp³-hybridized carbons (Fsp3) is 0.962. The molecule has 0 spiro atoms. The Kier molecular flexibility index (Phi) is 14.2. The Hall–Kier alpha value is -0.890. The van der Waals surface area contributed by atoms with Gasteiger partial charge in [0.1, 0.15) is 36.6 Å². The van der Waals surface area contributed by atoms with Crippen molar-refractivity contribution in [3.63, 3.8) is 0 Å². The van der Waals surface area contributed by atoms with Crippen LogP contribution < -0.4 is 0 Å². The fourth-order valence-electron chi connectivity index (χ4n) is 4.77. The number of carbonyl (C=O) groups is 1. The van der Waals surface area contributed by atoms with Crippen LogP contribution >= 0.6 is 0 Å². The first-order chi connectivity index (χ1) is 17.6. The summed E-state index contributed by atoms with van der Waals surface area (Å²) < 4.78 is 22.5. The van der Waals surface area contributed by atoms with E-state index in [1.54, 1.807) is 0 Å². The van der Waals surface area contributed by atoms with Crippen LogP contribution in [0.25, 0.3) is 0 Å². The fourth-order valence-corrected chi connectivity index (χ4v) is 4.77. The first kappa shape index (κ1) is 32.3. The van der Waals surface area contributed by atoms with Crippen LogP contribution in [-0.2, 0) is 23.7 Å². The van der Waals surface area contributed by atoms with Gasteiger partial charge in [-0.15, -0.1) is 0 Å². The van der Waals surface area contributed by atoms with E-state index in [0.717, 1.165) is 19.3 Å². The molecule has 1 unspecified atom stereocenters. The average molecular weight is 537 g/mol. The van der Waals surface area contributed by atoms with Crippen LogP contribution in [0, 0.1) is 0 Å².